The summed E-state index contributed by atoms with van der Waals surface area (Å²) in [4.78, 5) is 4.28. The first kappa shape index (κ1) is 14.9. The molecule has 6 nitrogen and oxygen atoms in total. The summed E-state index contributed by atoms with van der Waals surface area (Å²) in [5.74, 6) is 1.37. The van der Waals surface area contributed by atoms with Crippen LogP contribution in [0.5, 0.6) is 5.75 Å². The predicted octanol–water partition coefficient (Wildman–Crippen LogP) is 2.21. The van der Waals surface area contributed by atoms with Crippen LogP contribution in [0, 0.1) is 11.7 Å². The van der Waals surface area contributed by atoms with E-state index in [4.69, 9.17) is 19.7 Å². The lowest BCUT2D eigenvalue weighted by atomic mass is 9.92. The van der Waals surface area contributed by atoms with Gasteiger partial charge in [0.1, 0.15) is 11.6 Å². The predicted molar refractivity (Wildman–Crippen MR) is 75.5 cm³/mol. The number of nitrogens with two attached hydrogens (primary N) is 1. The first-order chi connectivity index (χ1) is 10.7. The Morgan fingerprint density at radius 2 is 2.00 bits per heavy atom. The number of aromatic nitrogens is 2. The van der Waals surface area contributed by atoms with Crippen LogP contribution < -0.4 is 10.5 Å². The van der Waals surface area contributed by atoms with Gasteiger partial charge in [0, 0.05) is 13.2 Å². The molecule has 118 valence electrons. The average molecular weight is 307 g/mol. The van der Waals surface area contributed by atoms with Gasteiger partial charge in [-0.15, -0.1) is 0 Å². The molecule has 1 aliphatic heterocycles. The summed E-state index contributed by atoms with van der Waals surface area (Å²) in [5, 5.41) is 3.87. The molecule has 2 N–H and O–H groups in total. The van der Waals surface area contributed by atoms with Gasteiger partial charge in [-0.2, -0.15) is 4.98 Å². The lowest BCUT2D eigenvalue weighted by molar-refractivity contribution is 0.0546. The number of hydrogen-bond acceptors (Lipinski definition) is 6. The fourth-order valence-corrected chi connectivity index (χ4v) is 2.42. The van der Waals surface area contributed by atoms with Gasteiger partial charge in [0.05, 0.1) is 6.04 Å². The minimum atomic E-state index is -0.309. The van der Waals surface area contributed by atoms with Gasteiger partial charge in [0.2, 0.25) is 11.7 Å². The Balaban J connectivity index is 1.57. The molecular formula is C15H18FN3O3. The van der Waals surface area contributed by atoms with Crippen molar-refractivity contribution in [2.75, 3.05) is 13.2 Å². The summed E-state index contributed by atoms with van der Waals surface area (Å²) < 4.78 is 28.8. The fourth-order valence-electron chi connectivity index (χ4n) is 2.42. The van der Waals surface area contributed by atoms with Gasteiger partial charge in [-0.3, -0.25) is 0 Å². The lowest BCUT2D eigenvalue weighted by Crippen LogP contribution is -2.27. The van der Waals surface area contributed by atoms with Crippen molar-refractivity contribution in [3.8, 4) is 5.75 Å². The Morgan fingerprint density at radius 1 is 1.27 bits per heavy atom. The van der Waals surface area contributed by atoms with Crippen molar-refractivity contribution in [2.24, 2.45) is 11.7 Å². The third-order valence-corrected chi connectivity index (χ3v) is 3.72. The first-order valence-electron chi connectivity index (χ1n) is 7.26. The van der Waals surface area contributed by atoms with Gasteiger partial charge in [-0.25, -0.2) is 4.39 Å². The first-order valence-corrected chi connectivity index (χ1v) is 7.26. The maximum atomic E-state index is 12.8. The standard InChI is InChI=1S/C15H18FN3O3/c16-11-1-3-12(4-2-11)21-9-13-18-15(22-19-13)14(17)10-5-7-20-8-6-10/h1-4,10,14H,5-9,17H2. The normalized spacial score (nSPS) is 17.4. The van der Waals surface area contributed by atoms with Crippen LogP contribution >= 0.6 is 0 Å². The van der Waals surface area contributed by atoms with Crippen LogP contribution in [0.4, 0.5) is 4.39 Å². The zero-order valence-electron chi connectivity index (χ0n) is 12.1. The second-order valence-corrected chi connectivity index (χ2v) is 5.27. The molecule has 1 unspecified atom stereocenters. The van der Waals surface area contributed by atoms with E-state index in [1.807, 2.05) is 0 Å². The topological polar surface area (TPSA) is 83.4 Å². The molecule has 0 saturated carbocycles. The summed E-state index contributed by atoms with van der Waals surface area (Å²) in [6.07, 6.45) is 1.79. The summed E-state index contributed by atoms with van der Waals surface area (Å²) in [7, 11) is 0. The highest BCUT2D eigenvalue weighted by Gasteiger charge is 2.26. The molecule has 0 aliphatic carbocycles. The van der Waals surface area contributed by atoms with Gasteiger partial charge in [0.25, 0.3) is 0 Å². The van der Waals surface area contributed by atoms with Crippen molar-refractivity contribution in [1.29, 1.82) is 0 Å². The Kier molecular flexibility index (Phi) is 4.65. The van der Waals surface area contributed by atoms with Crippen molar-refractivity contribution < 1.29 is 18.4 Å². The molecular weight excluding hydrogens is 289 g/mol. The molecule has 1 aliphatic rings. The van der Waals surface area contributed by atoms with E-state index < -0.39 is 0 Å². The number of hydrogen-bond donors (Lipinski definition) is 1. The number of halogens is 1. The third kappa shape index (κ3) is 3.61. The highest BCUT2D eigenvalue weighted by molar-refractivity contribution is 5.22. The van der Waals surface area contributed by atoms with Crippen LogP contribution in [0.1, 0.15) is 30.6 Å². The third-order valence-electron chi connectivity index (χ3n) is 3.72. The van der Waals surface area contributed by atoms with Crippen LogP contribution in [0.3, 0.4) is 0 Å². The highest BCUT2D eigenvalue weighted by Crippen LogP contribution is 2.27. The van der Waals surface area contributed by atoms with Crippen LogP contribution in [-0.4, -0.2) is 23.4 Å². The van der Waals surface area contributed by atoms with E-state index in [2.05, 4.69) is 10.1 Å². The monoisotopic (exact) mass is 307 g/mol. The van der Waals surface area contributed by atoms with E-state index >= 15 is 0 Å². The minimum Gasteiger partial charge on any atom is -0.485 e. The number of rotatable bonds is 5. The van der Waals surface area contributed by atoms with Crippen LogP contribution in [0.2, 0.25) is 0 Å². The number of ether oxygens (including phenoxy) is 2. The zero-order chi connectivity index (χ0) is 15.4. The second-order valence-electron chi connectivity index (χ2n) is 5.27. The van der Waals surface area contributed by atoms with Gasteiger partial charge in [-0.1, -0.05) is 5.16 Å². The van der Waals surface area contributed by atoms with Gasteiger partial charge < -0.3 is 19.7 Å². The van der Waals surface area contributed by atoms with E-state index in [9.17, 15) is 4.39 Å². The number of nitrogens with zero attached hydrogens (tertiary/aromatic N) is 2. The Bertz CT molecular complexity index is 596. The van der Waals surface area contributed by atoms with E-state index in [-0.39, 0.29) is 18.5 Å². The zero-order valence-corrected chi connectivity index (χ0v) is 12.1. The molecule has 3 rings (SSSR count). The van der Waals surface area contributed by atoms with Crippen molar-refractivity contribution in [1.82, 2.24) is 10.1 Å². The molecule has 1 saturated heterocycles. The maximum Gasteiger partial charge on any atom is 0.243 e. The molecule has 0 amide bonds. The van der Waals surface area contributed by atoms with E-state index in [1.54, 1.807) is 12.1 Å². The Morgan fingerprint density at radius 3 is 2.73 bits per heavy atom. The SMILES string of the molecule is NC(c1nc(COc2ccc(F)cc2)no1)C1CCOCC1. The summed E-state index contributed by atoms with van der Waals surface area (Å²) >= 11 is 0. The van der Waals surface area contributed by atoms with Crippen molar-refractivity contribution in [2.45, 2.75) is 25.5 Å². The average Bonchev–Trinajstić information content (AvgIpc) is 3.03. The van der Waals surface area contributed by atoms with Crippen LogP contribution in [-0.2, 0) is 11.3 Å². The van der Waals surface area contributed by atoms with Gasteiger partial charge in [0.15, 0.2) is 6.61 Å². The molecule has 1 fully saturated rings. The number of benzene rings is 1. The maximum absolute atomic E-state index is 12.8. The fraction of sp³-hybridized carbons (Fsp3) is 0.467. The molecule has 1 atom stereocenters. The van der Waals surface area contributed by atoms with Crippen molar-refractivity contribution >= 4 is 0 Å². The van der Waals surface area contributed by atoms with E-state index in [0.29, 0.717) is 36.6 Å². The molecule has 1 aromatic heterocycles. The molecule has 0 spiro atoms. The molecule has 2 aromatic rings. The van der Waals surface area contributed by atoms with Gasteiger partial charge in [-0.05, 0) is 43.0 Å². The largest absolute Gasteiger partial charge is 0.485 e. The van der Waals surface area contributed by atoms with Crippen LogP contribution in [0.25, 0.3) is 0 Å². The Labute approximate surface area is 127 Å². The van der Waals surface area contributed by atoms with Crippen molar-refractivity contribution in [3.63, 3.8) is 0 Å². The van der Waals surface area contributed by atoms with E-state index in [1.165, 1.54) is 12.1 Å². The second kappa shape index (κ2) is 6.85. The van der Waals surface area contributed by atoms with E-state index in [0.717, 1.165) is 12.8 Å². The molecule has 0 radical (unpaired) electrons. The Hall–Kier alpha value is -1.99. The summed E-state index contributed by atoms with van der Waals surface area (Å²) in [6.45, 7) is 1.58. The van der Waals surface area contributed by atoms with Crippen LogP contribution in [0.15, 0.2) is 28.8 Å². The summed E-state index contributed by atoms with van der Waals surface area (Å²) in [6, 6.07) is 5.47. The quantitative estimate of drug-likeness (QED) is 0.912. The molecule has 1 aromatic carbocycles. The minimum absolute atomic E-state index is 0.148. The highest BCUT2D eigenvalue weighted by atomic mass is 19.1. The van der Waals surface area contributed by atoms with Crippen molar-refractivity contribution in [3.05, 3.63) is 41.8 Å². The lowest BCUT2D eigenvalue weighted by Gasteiger charge is -2.25. The molecule has 22 heavy (non-hydrogen) atoms. The molecule has 7 heteroatoms. The summed E-state index contributed by atoms with van der Waals surface area (Å²) in [5.41, 5.74) is 6.17. The molecule has 2 heterocycles. The molecule has 0 bridgehead atoms. The smallest absolute Gasteiger partial charge is 0.243 e. The van der Waals surface area contributed by atoms with Gasteiger partial charge >= 0.3 is 0 Å².